The molecular weight excluding hydrogens is 426 g/mol. The largest absolute Gasteiger partial charge is 0.508 e. The predicted molar refractivity (Wildman–Crippen MR) is 115 cm³/mol. The zero-order chi connectivity index (χ0) is 23.1. The highest BCUT2D eigenvalue weighted by Gasteiger charge is 2.39. The minimum atomic E-state index is -0.704. The van der Waals surface area contributed by atoms with Gasteiger partial charge in [0.15, 0.2) is 11.5 Å². The molecule has 0 saturated heterocycles. The van der Waals surface area contributed by atoms with Gasteiger partial charge in [-0.3, -0.25) is 19.2 Å². The molecule has 9 nitrogen and oxygen atoms in total. The number of amides is 2. The minimum absolute atomic E-state index is 0.0139. The van der Waals surface area contributed by atoms with E-state index >= 15 is 0 Å². The van der Waals surface area contributed by atoms with Crippen molar-refractivity contribution < 1.29 is 29.4 Å². The van der Waals surface area contributed by atoms with E-state index in [1.807, 2.05) is 18.2 Å². The second-order valence-electron chi connectivity index (χ2n) is 7.32. The highest BCUT2D eigenvalue weighted by Crippen LogP contribution is 2.36. The molecule has 5 rings (SSSR count). The number of hydrogen-bond acceptors (Lipinski definition) is 8. The zero-order valence-corrected chi connectivity index (χ0v) is 16.9. The molecule has 1 aliphatic carbocycles. The number of allylic oxidation sites excluding steroid dienone is 1. The Hall–Kier alpha value is -4.63. The van der Waals surface area contributed by atoms with Gasteiger partial charge in [0.05, 0.1) is 16.8 Å². The number of phenolic OH excluding ortho intramolecular Hbond substituents is 1. The summed E-state index contributed by atoms with van der Waals surface area (Å²) in [4.78, 5) is 43.6. The van der Waals surface area contributed by atoms with Crippen LogP contribution in [0.1, 0.15) is 42.2 Å². The molecule has 0 unspecified atom stereocenters. The number of azo groups is 1. The Kier molecular flexibility index (Phi) is 4.80. The van der Waals surface area contributed by atoms with Gasteiger partial charge in [-0.1, -0.05) is 36.4 Å². The molecule has 2 N–H and O–H groups in total. The summed E-state index contributed by atoms with van der Waals surface area (Å²) in [5.74, 6) is -2.48. The third-order valence-corrected chi connectivity index (χ3v) is 5.26. The summed E-state index contributed by atoms with van der Waals surface area (Å²) in [6.45, 7) is 0.0174. The van der Waals surface area contributed by atoms with Crippen LogP contribution in [0.3, 0.4) is 0 Å². The van der Waals surface area contributed by atoms with Crippen molar-refractivity contribution in [3.05, 3.63) is 100 Å². The molecule has 0 saturated carbocycles. The van der Waals surface area contributed by atoms with Gasteiger partial charge in [0, 0.05) is 11.1 Å². The number of Topliss-reactive ketones (excluding diaryl/α,β-unsaturated/α-hetero) is 1. The first-order valence-electron chi connectivity index (χ1n) is 9.87. The smallest absolute Gasteiger partial charge is 0.288 e. The maximum Gasteiger partial charge on any atom is 0.288 e. The summed E-state index contributed by atoms with van der Waals surface area (Å²) < 4.78 is 0. The number of aliphatic hydroxyl groups is 1. The number of hydrogen-bond donors (Lipinski definition) is 2. The van der Waals surface area contributed by atoms with Gasteiger partial charge >= 0.3 is 0 Å². The van der Waals surface area contributed by atoms with Crippen LogP contribution in [0, 0.1) is 0 Å². The second kappa shape index (κ2) is 7.81. The molecule has 9 heteroatoms. The maximum atomic E-state index is 12.9. The van der Waals surface area contributed by atoms with Crippen LogP contribution in [0.15, 0.2) is 82.7 Å². The number of carbonyl (C=O) groups is 3. The standard InChI is InChI=1S/C24H15N3O6/c28-14-9-10-15-17(11-14)22(30)20(21(15)29)26-25-18-8-4-7-16-19(18)24(32)27(23(16)31)33-12-13-5-2-1-3-6-13/h1-11,28-29H,12H2/b26-25+. The fourth-order valence-corrected chi connectivity index (χ4v) is 3.65. The van der Waals surface area contributed by atoms with Crippen molar-refractivity contribution in [3.63, 3.8) is 0 Å². The molecule has 33 heavy (non-hydrogen) atoms. The third kappa shape index (κ3) is 3.36. The Balaban J connectivity index is 1.42. The Morgan fingerprint density at radius 2 is 1.58 bits per heavy atom. The second-order valence-corrected chi connectivity index (χ2v) is 7.32. The van der Waals surface area contributed by atoms with E-state index in [0.717, 1.165) is 5.56 Å². The topological polar surface area (TPSA) is 129 Å². The van der Waals surface area contributed by atoms with Gasteiger partial charge in [-0.2, -0.15) is 0 Å². The predicted octanol–water partition coefficient (Wildman–Crippen LogP) is 4.33. The van der Waals surface area contributed by atoms with Gasteiger partial charge < -0.3 is 10.2 Å². The van der Waals surface area contributed by atoms with Crippen LogP contribution in [0.5, 0.6) is 5.75 Å². The molecular formula is C24H15N3O6. The quantitative estimate of drug-likeness (QED) is 0.448. The lowest BCUT2D eigenvalue weighted by Crippen LogP contribution is -2.29. The molecule has 3 aromatic rings. The van der Waals surface area contributed by atoms with Crippen LogP contribution in [-0.4, -0.2) is 32.9 Å². The van der Waals surface area contributed by atoms with Gasteiger partial charge in [0.1, 0.15) is 12.4 Å². The van der Waals surface area contributed by atoms with Gasteiger partial charge in [-0.15, -0.1) is 15.3 Å². The SMILES string of the molecule is O=C1C(/N=N/c2cccc3c2C(=O)N(OCc2ccccc2)C3=O)=C(O)c2ccc(O)cc21. The summed E-state index contributed by atoms with van der Waals surface area (Å²) in [6.07, 6.45) is 0. The summed E-state index contributed by atoms with van der Waals surface area (Å²) in [6, 6.07) is 17.5. The molecule has 2 aliphatic rings. The Morgan fingerprint density at radius 1 is 0.788 bits per heavy atom. The van der Waals surface area contributed by atoms with Crippen molar-refractivity contribution in [1.82, 2.24) is 5.06 Å². The lowest BCUT2D eigenvalue weighted by Gasteiger charge is -2.13. The zero-order valence-electron chi connectivity index (χ0n) is 16.9. The summed E-state index contributed by atoms with van der Waals surface area (Å²) >= 11 is 0. The van der Waals surface area contributed by atoms with Gasteiger partial charge in [-0.25, -0.2) is 0 Å². The first-order chi connectivity index (χ1) is 16.0. The Labute approximate surface area is 186 Å². The van der Waals surface area contributed by atoms with Crippen molar-refractivity contribution >= 4 is 29.0 Å². The lowest BCUT2D eigenvalue weighted by molar-refractivity contribution is -0.101. The van der Waals surface area contributed by atoms with Crippen molar-refractivity contribution in [1.29, 1.82) is 0 Å². The van der Waals surface area contributed by atoms with Crippen LogP contribution in [0.2, 0.25) is 0 Å². The number of ketones is 1. The van der Waals surface area contributed by atoms with Crippen LogP contribution >= 0.6 is 0 Å². The molecule has 0 spiro atoms. The Bertz CT molecular complexity index is 1390. The first-order valence-corrected chi connectivity index (χ1v) is 9.87. The van der Waals surface area contributed by atoms with E-state index in [9.17, 15) is 24.6 Å². The number of aromatic hydroxyl groups is 1. The van der Waals surface area contributed by atoms with E-state index in [2.05, 4.69) is 10.2 Å². The number of phenols is 1. The summed E-state index contributed by atoms with van der Waals surface area (Å²) in [5.41, 5.74) is 0.879. The number of benzene rings is 3. The number of fused-ring (bicyclic) bond motifs is 2. The van der Waals surface area contributed by atoms with Crippen molar-refractivity contribution in [2.45, 2.75) is 6.61 Å². The van der Waals surface area contributed by atoms with E-state index in [1.54, 1.807) is 12.1 Å². The highest BCUT2D eigenvalue weighted by atomic mass is 16.7. The first kappa shape index (κ1) is 20.3. The van der Waals surface area contributed by atoms with Crippen molar-refractivity contribution in [2.75, 3.05) is 0 Å². The number of nitrogens with zero attached hydrogens (tertiary/aromatic N) is 3. The molecule has 0 radical (unpaired) electrons. The molecule has 2 amide bonds. The van der Waals surface area contributed by atoms with E-state index in [4.69, 9.17) is 4.84 Å². The lowest BCUT2D eigenvalue weighted by atomic mass is 10.1. The molecule has 0 bridgehead atoms. The minimum Gasteiger partial charge on any atom is -0.508 e. The number of hydroxylamine groups is 2. The van der Waals surface area contributed by atoms with E-state index in [1.165, 1.54) is 36.4 Å². The van der Waals surface area contributed by atoms with Crippen molar-refractivity contribution in [3.8, 4) is 5.75 Å². The molecule has 162 valence electrons. The van der Waals surface area contributed by atoms with E-state index < -0.39 is 17.6 Å². The summed E-state index contributed by atoms with van der Waals surface area (Å²) in [7, 11) is 0. The summed E-state index contributed by atoms with van der Waals surface area (Å²) in [5, 5.41) is 28.5. The molecule has 3 aromatic carbocycles. The fraction of sp³-hybridized carbons (Fsp3) is 0.0417. The number of imide groups is 1. The van der Waals surface area contributed by atoms with Crippen molar-refractivity contribution in [2.24, 2.45) is 10.2 Å². The van der Waals surface area contributed by atoms with Gasteiger partial charge in [0.2, 0.25) is 5.78 Å². The normalized spacial score (nSPS) is 15.0. The fourth-order valence-electron chi connectivity index (χ4n) is 3.65. The monoisotopic (exact) mass is 441 g/mol. The Morgan fingerprint density at radius 3 is 2.36 bits per heavy atom. The molecule has 0 aromatic heterocycles. The number of aliphatic hydroxyl groups excluding tert-OH is 1. The third-order valence-electron chi connectivity index (χ3n) is 5.26. The molecule has 1 heterocycles. The highest BCUT2D eigenvalue weighted by molar-refractivity contribution is 6.23. The molecule has 0 fully saturated rings. The average Bonchev–Trinajstić information content (AvgIpc) is 3.21. The number of carbonyl (C=O) groups excluding carboxylic acids is 3. The van der Waals surface area contributed by atoms with Crippen LogP contribution in [-0.2, 0) is 11.4 Å². The molecule has 1 aliphatic heterocycles. The van der Waals surface area contributed by atoms with E-state index in [-0.39, 0.29) is 51.8 Å². The van der Waals surface area contributed by atoms with Gasteiger partial charge in [0.25, 0.3) is 11.8 Å². The molecule has 0 atom stereocenters. The van der Waals surface area contributed by atoms with Gasteiger partial charge in [-0.05, 0) is 35.9 Å². The van der Waals surface area contributed by atoms with Crippen LogP contribution < -0.4 is 0 Å². The maximum absolute atomic E-state index is 12.9. The van der Waals surface area contributed by atoms with E-state index in [0.29, 0.717) is 5.06 Å². The average molecular weight is 441 g/mol. The van der Waals surface area contributed by atoms with Crippen LogP contribution in [0.4, 0.5) is 5.69 Å². The number of rotatable bonds is 5. The van der Waals surface area contributed by atoms with Crippen LogP contribution in [0.25, 0.3) is 5.76 Å².